The van der Waals surface area contributed by atoms with Crippen molar-refractivity contribution in [3.63, 3.8) is 0 Å². The van der Waals surface area contributed by atoms with Crippen molar-refractivity contribution in [3.8, 4) is 16.8 Å². The maximum absolute atomic E-state index is 4.67. The molecule has 0 bridgehead atoms. The lowest BCUT2D eigenvalue weighted by Gasteiger charge is -2.26. The lowest BCUT2D eigenvalue weighted by atomic mass is 10.0. The minimum Gasteiger partial charge on any atom is -0.309 e. The first-order chi connectivity index (χ1) is 24.3. The van der Waals surface area contributed by atoms with Crippen LogP contribution in [0, 0.1) is 0 Å². The molecule has 6 aromatic carbocycles. The van der Waals surface area contributed by atoms with Crippen LogP contribution in [-0.4, -0.2) is 14.5 Å². The minimum absolute atomic E-state index is 0.754. The van der Waals surface area contributed by atoms with Crippen LogP contribution in [0.1, 0.15) is 0 Å². The number of anilines is 3. The summed E-state index contributed by atoms with van der Waals surface area (Å²) in [7, 11) is 0. The molecule has 0 saturated carbocycles. The van der Waals surface area contributed by atoms with Crippen LogP contribution >= 0.6 is 11.3 Å². The summed E-state index contributed by atoms with van der Waals surface area (Å²) in [6, 6.07) is 56.6. The third-order valence-corrected chi connectivity index (χ3v) is 10.7. The number of para-hydroxylation sites is 2. The van der Waals surface area contributed by atoms with Gasteiger partial charge in [-0.2, -0.15) is 0 Å². The van der Waals surface area contributed by atoms with Crippen molar-refractivity contribution in [1.82, 2.24) is 14.5 Å². The summed E-state index contributed by atoms with van der Waals surface area (Å²) in [5.41, 5.74) is 9.88. The van der Waals surface area contributed by atoms with Crippen LogP contribution in [0.3, 0.4) is 0 Å². The van der Waals surface area contributed by atoms with Crippen LogP contribution < -0.4 is 4.90 Å². The fraction of sp³-hybridized carbons (Fsp3) is 0. The predicted octanol–water partition coefficient (Wildman–Crippen LogP) is 12.2. The zero-order valence-corrected chi connectivity index (χ0v) is 27.2. The van der Waals surface area contributed by atoms with Crippen molar-refractivity contribution in [2.45, 2.75) is 0 Å². The van der Waals surface area contributed by atoms with E-state index in [1.807, 2.05) is 23.6 Å². The van der Waals surface area contributed by atoms with E-state index >= 15 is 0 Å². The van der Waals surface area contributed by atoms with E-state index in [0.717, 1.165) is 39.1 Å². The molecule has 5 heteroatoms. The van der Waals surface area contributed by atoms with Crippen LogP contribution in [-0.2, 0) is 0 Å². The third-order valence-electron chi connectivity index (χ3n) is 9.47. The van der Waals surface area contributed by atoms with Gasteiger partial charge >= 0.3 is 0 Å². The summed E-state index contributed by atoms with van der Waals surface area (Å²) in [4.78, 5) is 11.5. The Hall–Kier alpha value is -6.30. The predicted molar refractivity (Wildman–Crippen MR) is 207 cm³/mol. The van der Waals surface area contributed by atoms with Gasteiger partial charge < -0.3 is 9.47 Å². The first kappa shape index (κ1) is 27.8. The number of hydrogen-bond acceptors (Lipinski definition) is 4. The molecule has 0 amide bonds. The largest absolute Gasteiger partial charge is 0.309 e. The Morgan fingerprint density at radius 3 is 2.14 bits per heavy atom. The molecule has 0 fully saturated rings. The van der Waals surface area contributed by atoms with Crippen molar-refractivity contribution in [3.05, 3.63) is 170 Å². The zero-order valence-electron chi connectivity index (χ0n) is 26.4. The quantitative estimate of drug-likeness (QED) is 0.187. The molecule has 0 radical (unpaired) electrons. The number of nitrogens with zero attached hydrogens (tertiary/aromatic N) is 4. The van der Waals surface area contributed by atoms with Crippen LogP contribution in [0.5, 0.6) is 0 Å². The van der Waals surface area contributed by atoms with Crippen LogP contribution in [0.4, 0.5) is 17.1 Å². The van der Waals surface area contributed by atoms with Gasteiger partial charge in [-0.05, 0) is 83.9 Å². The van der Waals surface area contributed by atoms with Gasteiger partial charge in [0, 0.05) is 49.2 Å². The molecule has 10 rings (SSSR count). The summed E-state index contributed by atoms with van der Waals surface area (Å²) in [5.74, 6) is 0. The smallest absolute Gasteiger partial charge is 0.159 e. The fourth-order valence-electron chi connectivity index (χ4n) is 7.22. The molecule has 0 aliphatic rings. The minimum atomic E-state index is 0.754. The average Bonchev–Trinajstić information content (AvgIpc) is 3.72. The molecule has 0 saturated heterocycles. The number of benzene rings is 6. The van der Waals surface area contributed by atoms with Crippen molar-refractivity contribution in [2.24, 2.45) is 0 Å². The number of pyridine rings is 2. The third kappa shape index (κ3) is 4.51. The van der Waals surface area contributed by atoms with Gasteiger partial charge in [-0.1, -0.05) is 84.9 Å². The number of thiophene rings is 1. The van der Waals surface area contributed by atoms with E-state index in [-0.39, 0.29) is 0 Å². The Morgan fingerprint density at radius 1 is 0.510 bits per heavy atom. The summed E-state index contributed by atoms with van der Waals surface area (Å²) in [6.07, 6.45) is 3.71. The molecule has 0 unspecified atom stereocenters. The second-order valence-electron chi connectivity index (χ2n) is 12.3. The standard InChI is InChI=1S/C44H28N4S/c1-2-11-32(12-3-1)47(41-17-8-15-37-36-14-5-7-18-42(36)49-43(37)41)33-22-19-29(20-23-33)30-21-24-40-38(27-30)35-13-4-6-16-39(35)48(40)34-26-31-10-9-25-45-44(31)46-28-34/h1-28H. The van der Waals surface area contributed by atoms with Gasteiger partial charge in [0.25, 0.3) is 0 Å². The lowest BCUT2D eigenvalue weighted by Crippen LogP contribution is -2.09. The molecule has 0 aliphatic heterocycles. The molecule has 4 heterocycles. The molecule has 10 aromatic rings. The van der Waals surface area contributed by atoms with Crippen LogP contribution in [0.15, 0.2) is 170 Å². The molecule has 0 spiro atoms. The highest BCUT2D eigenvalue weighted by atomic mass is 32.1. The number of rotatable bonds is 5. The topological polar surface area (TPSA) is 34.0 Å². The highest BCUT2D eigenvalue weighted by Crippen LogP contribution is 2.45. The monoisotopic (exact) mass is 644 g/mol. The molecular weight excluding hydrogens is 617 g/mol. The highest BCUT2D eigenvalue weighted by molar-refractivity contribution is 7.26. The Bertz CT molecular complexity index is 2830. The lowest BCUT2D eigenvalue weighted by molar-refractivity contribution is 1.15. The van der Waals surface area contributed by atoms with E-state index in [9.17, 15) is 0 Å². The van der Waals surface area contributed by atoms with Crippen molar-refractivity contribution in [1.29, 1.82) is 0 Å². The summed E-state index contributed by atoms with van der Waals surface area (Å²) < 4.78 is 4.90. The first-order valence-corrected chi connectivity index (χ1v) is 17.2. The van der Waals surface area contributed by atoms with Gasteiger partial charge in [-0.15, -0.1) is 11.3 Å². The van der Waals surface area contributed by atoms with E-state index in [1.54, 1.807) is 6.20 Å². The Labute approximate surface area is 286 Å². The number of aromatic nitrogens is 3. The van der Waals surface area contributed by atoms with Gasteiger partial charge in [0.2, 0.25) is 0 Å². The summed E-state index contributed by atoms with van der Waals surface area (Å²) in [6.45, 7) is 0. The maximum Gasteiger partial charge on any atom is 0.159 e. The molecule has 0 aliphatic carbocycles. The molecule has 0 N–H and O–H groups in total. The van der Waals surface area contributed by atoms with E-state index in [2.05, 4.69) is 171 Å². The number of hydrogen-bond donors (Lipinski definition) is 0. The second-order valence-corrected chi connectivity index (χ2v) is 13.4. The molecule has 230 valence electrons. The highest BCUT2D eigenvalue weighted by Gasteiger charge is 2.19. The van der Waals surface area contributed by atoms with Crippen LogP contribution in [0.25, 0.3) is 69.8 Å². The molecule has 0 atom stereocenters. The Morgan fingerprint density at radius 2 is 1.24 bits per heavy atom. The Balaban J connectivity index is 1.09. The number of fused-ring (bicyclic) bond motifs is 7. The molecular formula is C44H28N4S. The van der Waals surface area contributed by atoms with Gasteiger partial charge in [0.15, 0.2) is 5.65 Å². The second kappa shape index (κ2) is 11.2. The van der Waals surface area contributed by atoms with E-state index in [4.69, 9.17) is 0 Å². The average molecular weight is 645 g/mol. The van der Waals surface area contributed by atoms with E-state index < -0.39 is 0 Å². The van der Waals surface area contributed by atoms with E-state index in [0.29, 0.717) is 0 Å². The molecule has 4 aromatic heterocycles. The molecule has 4 nitrogen and oxygen atoms in total. The van der Waals surface area contributed by atoms with Gasteiger partial charge in [-0.3, -0.25) is 0 Å². The normalized spacial score (nSPS) is 11.7. The van der Waals surface area contributed by atoms with Crippen LogP contribution in [0.2, 0.25) is 0 Å². The van der Waals surface area contributed by atoms with Gasteiger partial charge in [0.1, 0.15) is 0 Å². The van der Waals surface area contributed by atoms with Crippen molar-refractivity contribution in [2.75, 3.05) is 4.90 Å². The van der Waals surface area contributed by atoms with Crippen molar-refractivity contribution >= 4 is 81.4 Å². The first-order valence-electron chi connectivity index (χ1n) is 16.4. The SMILES string of the molecule is c1ccc(N(c2ccc(-c3ccc4c(c3)c3ccccc3n4-c3cnc4ncccc4c3)cc2)c2cccc3c2sc2ccccc23)cc1. The zero-order chi connectivity index (χ0) is 32.3. The maximum atomic E-state index is 4.67. The summed E-state index contributed by atoms with van der Waals surface area (Å²) >= 11 is 1.86. The van der Waals surface area contributed by atoms with Crippen molar-refractivity contribution < 1.29 is 0 Å². The van der Waals surface area contributed by atoms with Gasteiger partial charge in [0.05, 0.1) is 33.3 Å². The molecule has 49 heavy (non-hydrogen) atoms. The fourth-order valence-corrected chi connectivity index (χ4v) is 8.43. The van der Waals surface area contributed by atoms with Gasteiger partial charge in [-0.25, -0.2) is 9.97 Å². The summed E-state index contributed by atoms with van der Waals surface area (Å²) in [5, 5.41) is 6.05. The Kier molecular flexibility index (Phi) is 6.32. The van der Waals surface area contributed by atoms with E-state index in [1.165, 1.54) is 47.8 Å².